The number of halogens is 9. The van der Waals surface area contributed by atoms with Crippen LogP contribution in [-0.4, -0.2) is 42.3 Å². The van der Waals surface area contributed by atoms with Crippen molar-refractivity contribution in [3.8, 4) is 5.75 Å². The van der Waals surface area contributed by atoms with Crippen molar-refractivity contribution in [2.24, 2.45) is 0 Å². The van der Waals surface area contributed by atoms with Gasteiger partial charge in [-0.2, -0.15) is 39.5 Å². The number of aliphatic hydroxyl groups is 1. The molecule has 1 rings (SSSR count). The second-order valence-electron chi connectivity index (χ2n) is 5.42. The molecule has 0 saturated carbocycles. The Balaban J connectivity index is 2.62. The Morgan fingerprint density at radius 2 is 1.35 bits per heavy atom. The zero-order valence-electron chi connectivity index (χ0n) is 13.1. The average Bonchev–Trinajstić information content (AvgIpc) is 2.52. The SMILES string of the molecule is OCCc1ccc(OCCCC(F)(F)C(F)(F)C(F)(F)C(F)(F)F)cc1. The standard InChI is InChI=1S/C15H15F9O2/c16-12(17,13(18,19)14(20,21)15(22,23)24)7-1-9-26-11-4-2-10(3-5-11)6-8-25/h2-5,25H,1,6-9H2. The first-order chi connectivity index (χ1) is 11.8. The molecule has 0 saturated heterocycles. The van der Waals surface area contributed by atoms with Crippen molar-refractivity contribution >= 4 is 0 Å². The average molecular weight is 398 g/mol. The molecule has 0 aliphatic rings. The van der Waals surface area contributed by atoms with Gasteiger partial charge in [0, 0.05) is 13.0 Å². The minimum absolute atomic E-state index is 0.105. The molecule has 0 bridgehead atoms. The van der Waals surface area contributed by atoms with Crippen LogP contribution in [0.3, 0.4) is 0 Å². The lowest BCUT2D eigenvalue weighted by atomic mass is 10.00. The molecular formula is C15H15F9O2. The van der Waals surface area contributed by atoms with Crippen LogP contribution >= 0.6 is 0 Å². The number of alkyl halides is 9. The fourth-order valence-corrected chi connectivity index (χ4v) is 1.93. The van der Waals surface area contributed by atoms with E-state index < -0.39 is 43.4 Å². The van der Waals surface area contributed by atoms with E-state index >= 15 is 0 Å². The predicted octanol–water partition coefficient (Wildman–Crippen LogP) is 4.85. The minimum atomic E-state index is -6.87. The summed E-state index contributed by atoms with van der Waals surface area (Å²) in [5.41, 5.74) is 0.736. The van der Waals surface area contributed by atoms with Crippen molar-refractivity contribution in [3.63, 3.8) is 0 Å². The lowest BCUT2D eigenvalue weighted by molar-refractivity contribution is -0.396. The van der Waals surface area contributed by atoms with Gasteiger partial charge in [-0.15, -0.1) is 0 Å². The molecule has 1 aromatic rings. The number of hydrogen-bond acceptors (Lipinski definition) is 2. The highest BCUT2D eigenvalue weighted by molar-refractivity contribution is 5.27. The fraction of sp³-hybridized carbons (Fsp3) is 0.600. The van der Waals surface area contributed by atoms with Crippen LogP contribution in [0.5, 0.6) is 5.75 Å². The molecule has 0 aliphatic carbocycles. The molecule has 0 fully saturated rings. The van der Waals surface area contributed by atoms with Crippen molar-refractivity contribution in [2.75, 3.05) is 13.2 Å². The zero-order valence-corrected chi connectivity index (χ0v) is 13.1. The number of ether oxygens (including phenoxy) is 1. The van der Waals surface area contributed by atoms with Gasteiger partial charge in [0.1, 0.15) is 5.75 Å². The third kappa shape index (κ3) is 4.74. The van der Waals surface area contributed by atoms with Gasteiger partial charge in [-0.1, -0.05) is 12.1 Å². The van der Waals surface area contributed by atoms with E-state index in [1.807, 2.05) is 0 Å². The Hall–Kier alpha value is -1.65. The van der Waals surface area contributed by atoms with E-state index in [4.69, 9.17) is 9.84 Å². The van der Waals surface area contributed by atoms with Gasteiger partial charge in [0.05, 0.1) is 6.61 Å². The number of rotatable bonds is 9. The van der Waals surface area contributed by atoms with E-state index in [-0.39, 0.29) is 12.4 Å². The second-order valence-corrected chi connectivity index (χ2v) is 5.42. The van der Waals surface area contributed by atoms with E-state index in [0.717, 1.165) is 5.56 Å². The Kier molecular flexibility index (Phi) is 6.83. The first-order valence-corrected chi connectivity index (χ1v) is 7.29. The molecule has 0 atom stereocenters. The van der Waals surface area contributed by atoms with Crippen LogP contribution in [-0.2, 0) is 6.42 Å². The van der Waals surface area contributed by atoms with Crippen molar-refractivity contribution < 1.29 is 49.4 Å². The fourth-order valence-electron chi connectivity index (χ4n) is 1.93. The summed E-state index contributed by atoms with van der Waals surface area (Å²) in [6.45, 7) is -0.700. The molecule has 0 heterocycles. The third-order valence-electron chi connectivity index (χ3n) is 3.44. The first-order valence-electron chi connectivity index (χ1n) is 7.29. The highest BCUT2D eigenvalue weighted by atomic mass is 19.4. The van der Waals surface area contributed by atoms with Crippen LogP contribution in [0.2, 0.25) is 0 Å². The number of benzene rings is 1. The van der Waals surface area contributed by atoms with E-state index in [1.54, 1.807) is 0 Å². The predicted molar refractivity (Wildman–Crippen MR) is 72.9 cm³/mol. The lowest BCUT2D eigenvalue weighted by Crippen LogP contribution is -2.60. The molecule has 0 aliphatic heterocycles. The molecule has 150 valence electrons. The smallest absolute Gasteiger partial charge is 0.460 e. The van der Waals surface area contributed by atoms with Crippen molar-refractivity contribution in [1.29, 1.82) is 0 Å². The largest absolute Gasteiger partial charge is 0.494 e. The van der Waals surface area contributed by atoms with Crippen LogP contribution in [0.4, 0.5) is 39.5 Å². The van der Waals surface area contributed by atoms with E-state index in [9.17, 15) is 39.5 Å². The van der Waals surface area contributed by atoms with Gasteiger partial charge in [0.25, 0.3) is 0 Å². The third-order valence-corrected chi connectivity index (χ3v) is 3.44. The summed E-state index contributed by atoms with van der Waals surface area (Å²) in [5.74, 6) is -18.9. The monoisotopic (exact) mass is 398 g/mol. The van der Waals surface area contributed by atoms with E-state index in [1.165, 1.54) is 24.3 Å². The highest BCUT2D eigenvalue weighted by Gasteiger charge is 2.81. The maximum atomic E-state index is 13.3. The van der Waals surface area contributed by atoms with Crippen LogP contribution in [0.15, 0.2) is 24.3 Å². The maximum Gasteiger partial charge on any atom is 0.460 e. The first kappa shape index (κ1) is 22.4. The summed E-state index contributed by atoms with van der Waals surface area (Å²) in [6, 6.07) is 5.88. The number of aliphatic hydroxyl groups excluding tert-OH is 1. The Morgan fingerprint density at radius 3 is 1.81 bits per heavy atom. The van der Waals surface area contributed by atoms with Crippen LogP contribution < -0.4 is 4.74 Å². The molecule has 0 aromatic heterocycles. The van der Waals surface area contributed by atoms with Crippen molar-refractivity contribution in [2.45, 2.75) is 43.2 Å². The summed E-state index contributed by atoms with van der Waals surface area (Å²) < 4.78 is 119. The van der Waals surface area contributed by atoms with Crippen LogP contribution in [0.1, 0.15) is 18.4 Å². The van der Waals surface area contributed by atoms with E-state index in [2.05, 4.69) is 0 Å². The summed E-state index contributed by atoms with van der Waals surface area (Å²) >= 11 is 0. The van der Waals surface area contributed by atoms with Gasteiger partial charge in [0.15, 0.2) is 0 Å². The second kappa shape index (κ2) is 7.93. The summed E-state index contributed by atoms with van der Waals surface area (Å²) in [5, 5.41) is 8.72. The lowest BCUT2D eigenvalue weighted by Gasteiger charge is -2.33. The molecule has 1 N–H and O–H groups in total. The molecule has 0 amide bonds. The van der Waals surface area contributed by atoms with Gasteiger partial charge in [-0.25, -0.2) is 0 Å². The molecule has 0 radical (unpaired) electrons. The normalized spacial score (nSPS) is 13.8. The van der Waals surface area contributed by atoms with Gasteiger partial charge in [0.2, 0.25) is 0 Å². The van der Waals surface area contributed by atoms with Crippen LogP contribution in [0, 0.1) is 0 Å². The summed E-state index contributed by atoms with van der Waals surface area (Å²) in [4.78, 5) is 0. The summed E-state index contributed by atoms with van der Waals surface area (Å²) in [7, 11) is 0. The Morgan fingerprint density at radius 1 is 0.808 bits per heavy atom. The highest BCUT2D eigenvalue weighted by Crippen LogP contribution is 2.54. The van der Waals surface area contributed by atoms with Crippen molar-refractivity contribution in [3.05, 3.63) is 29.8 Å². The molecular weight excluding hydrogens is 383 g/mol. The van der Waals surface area contributed by atoms with Crippen molar-refractivity contribution in [1.82, 2.24) is 0 Å². The Labute approximate surface area is 142 Å². The quantitative estimate of drug-likeness (QED) is 0.476. The van der Waals surface area contributed by atoms with Gasteiger partial charge in [-0.05, 0) is 30.5 Å². The summed E-state index contributed by atoms with van der Waals surface area (Å²) in [6.07, 6.45) is -9.26. The number of hydrogen-bond donors (Lipinski definition) is 1. The van der Waals surface area contributed by atoms with Gasteiger partial charge in [-0.3, -0.25) is 0 Å². The Bertz CT molecular complexity index is 567. The topological polar surface area (TPSA) is 29.5 Å². The molecule has 0 unspecified atom stereocenters. The van der Waals surface area contributed by atoms with Gasteiger partial charge >= 0.3 is 23.9 Å². The molecule has 2 nitrogen and oxygen atoms in total. The molecule has 0 spiro atoms. The van der Waals surface area contributed by atoms with Crippen LogP contribution in [0.25, 0.3) is 0 Å². The molecule has 26 heavy (non-hydrogen) atoms. The molecule has 1 aromatic carbocycles. The molecule has 11 heteroatoms. The van der Waals surface area contributed by atoms with Gasteiger partial charge < -0.3 is 9.84 Å². The zero-order chi connectivity index (χ0) is 20.2. The minimum Gasteiger partial charge on any atom is -0.494 e. The maximum absolute atomic E-state index is 13.3. The van der Waals surface area contributed by atoms with E-state index in [0.29, 0.717) is 6.42 Å².